The summed E-state index contributed by atoms with van der Waals surface area (Å²) in [5, 5.41) is 5.70. The summed E-state index contributed by atoms with van der Waals surface area (Å²) in [6.45, 7) is 3.85. The summed E-state index contributed by atoms with van der Waals surface area (Å²) < 4.78 is 6.43. The highest BCUT2D eigenvalue weighted by Gasteiger charge is 2.10. The largest absolute Gasteiger partial charge is 0.483 e. The van der Waals surface area contributed by atoms with Gasteiger partial charge in [-0.3, -0.25) is 9.59 Å². The number of hydrogen-bond donors (Lipinski definition) is 2. The first-order chi connectivity index (χ1) is 14.5. The number of aryl methyl sites for hydroxylation is 2. The van der Waals surface area contributed by atoms with Gasteiger partial charge in [-0.2, -0.15) is 0 Å². The molecule has 0 heterocycles. The van der Waals surface area contributed by atoms with Crippen molar-refractivity contribution in [2.45, 2.75) is 20.3 Å². The maximum Gasteiger partial charge on any atom is 0.262 e. The van der Waals surface area contributed by atoms with Crippen LogP contribution in [-0.4, -0.2) is 18.4 Å². The maximum atomic E-state index is 12.3. The molecule has 0 atom stereocenters. The van der Waals surface area contributed by atoms with Gasteiger partial charge in [0.15, 0.2) is 6.61 Å². The average molecular weight is 467 g/mol. The van der Waals surface area contributed by atoms with Gasteiger partial charge in [-0.1, -0.05) is 31.2 Å². The highest BCUT2D eigenvalue weighted by atomic mass is 79.9. The molecule has 0 aliphatic carbocycles. The number of carbonyl (C=O) groups is 2. The Bertz CT molecular complexity index is 1050. The van der Waals surface area contributed by atoms with E-state index in [4.69, 9.17) is 4.74 Å². The van der Waals surface area contributed by atoms with E-state index in [1.54, 1.807) is 24.3 Å². The van der Waals surface area contributed by atoms with Crippen molar-refractivity contribution in [1.29, 1.82) is 0 Å². The first-order valence-corrected chi connectivity index (χ1v) is 10.4. The lowest BCUT2D eigenvalue weighted by atomic mass is 10.1. The van der Waals surface area contributed by atoms with Crippen LogP contribution < -0.4 is 15.4 Å². The van der Waals surface area contributed by atoms with Crippen LogP contribution in [0.5, 0.6) is 5.75 Å². The summed E-state index contributed by atoms with van der Waals surface area (Å²) >= 11 is 3.47. The van der Waals surface area contributed by atoms with Crippen LogP contribution in [0, 0.1) is 6.92 Å². The molecule has 5 nitrogen and oxygen atoms in total. The fourth-order valence-electron chi connectivity index (χ4n) is 2.89. The fourth-order valence-corrected chi connectivity index (χ4v) is 3.43. The Kier molecular flexibility index (Phi) is 7.25. The van der Waals surface area contributed by atoms with Crippen molar-refractivity contribution in [3.05, 3.63) is 87.9 Å². The number of anilines is 2. The number of ether oxygens (including phenoxy) is 1. The van der Waals surface area contributed by atoms with E-state index in [1.165, 1.54) is 5.56 Å². The third kappa shape index (κ3) is 5.70. The van der Waals surface area contributed by atoms with Gasteiger partial charge in [-0.15, -0.1) is 0 Å². The molecular formula is C24H23BrN2O3. The summed E-state index contributed by atoms with van der Waals surface area (Å²) in [7, 11) is 0. The minimum atomic E-state index is -0.262. The van der Waals surface area contributed by atoms with E-state index in [2.05, 4.69) is 33.5 Å². The molecule has 0 saturated carbocycles. The molecule has 0 unspecified atom stereocenters. The molecule has 3 rings (SSSR count). The van der Waals surface area contributed by atoms with E-state index in [-0.39, 0.29) is 18.4 Å². The van der Waals surface area contributed by atoms with Gasteiger partial charge in [0.25, 0.3) is 11.8 Å². The normalized spacial score (nSPS) is 10.4. The number of nitrogens with one attached hydrogen (secondary N) is 2. The van der Waals surface area contributed by atoms with Crippen molar-refractivity contribution < 1.29 is 14.3 Å². The first kappa shape index (κ1) is 21.6. The molecule has 3 aromatic rings. The lowest BCUT2D eigenvalue weighted by molar-refractivity contribution is -0.118. The second-order valence-corrected chi connectivity index (χ2v) is 7.66. The van der Waals surface area contributed by atoms with E-state index in [9.17, 15) is 9.59 Å². The Morgan fingerprint density at radius 2 is 1.73 bits per heavy atom. The topological polar surface area (TPSA) is 67.4 Å². The summed E-state index contributed by atoms with van der Waals surface area (Å²) in [5.74, 6) is 0.183. The van der Waals surface area contributed by atoms with Gasteiger partial charge in [0.05, 0.1) is 4.47 Å². The summed E-state index contributed by atoms with van der Waals surface area (Å²) in [4.78, 5) is 24.6. The molecule has 3 aromatic carbocycles. The summed E-state index contributed by atoms with van der Waals surface area (Å²) in [5.41, 5.74) is 3.95. The molecule has 0 aliphatic rings. The van der Waals surface area contributed by atoms with Crippen LogP contribution in [0.1, 0.15) is 28.4 Å². The van der Waals surface area contributed by atoms with Gasteiger partial charge in [-0.05, 0) is 82.9 Å². The average Bonchev–Trinajstić information content (AvgIpc) is 2.75. The molecule has 0 aromatic heterocycles. The lowest BCUT2D eigenvalue weighted by Gasteiger charge is -2.12. The predicted octanol–water partition coefficient (Wildman–Crippen LogP) is 5.59. The minimum absolute atomic E-state index is 0.102. The standard InChI is InChI=1S/C24H23BrN2O3/c1-3-17-9-12-22(20(25)14-17)30-15-23(28)26-19-10-11-21(16(2)13-19)27-24(29)18-7-5-4-6-8-18/h4-14H,3,15H2,1-2H3,(H,26,28)(H,27,29). The van der Waals surface area contributed by atoms with Crippen molar-refractivity contribution >= 4 is 39.1 Å². The monoisotopic (exact) mass is 466 g/mol. The molecule has 2 amide bonds. The third-order valence-electron chi connectivity index (χ3n) is 4.56. The van der Waals surface area contributed by atoms with Gasteiger partial charge < -0.3 is 15.4 Å². The first-order valence-electron chi connectivity index (χ1n) is 9.64. The fraction of sp³-hybridized carbons (Fsp3) is 0.167. The molecule has 0 spiro atoms. The zero-order chi connectivity index (χ0) is 21.5. The van der Waals surface area contributed by atoms with Gasteiger partial charge in [0, 0.05) is 16.9 Å². The van der Waals surface area contributed by atoms with Crippen LogP contribution in [0.4, 0.5) is 11.4 Å². The van der Waals surface area contributed by atoms with Gasteiger partial charge in [0.1, 0.15) is 5.75 Å². The quantitative estimate of drug-likeness (QED) is 0.476. The van der Waals surface area contributed by atoms with Crippen LogP contribution in [0.25, 0.3) is 0 Å². The number of benzene rings is 3. The van der Waals surface area contributed by atoms with E-state index in [0.29, 0.717) is 22.7 Å². The molecule has 0 saturated heterocycles. The van der Waals surface area contributed by atoms with Gasteiger partial charge in [-0.25, -0.2) is 0 Å². The van der Waals surface area contributed by atoms with Crippen LogP contribution >= 0.6 is 15.9 Å². The van der Waals surface area contributed by atoms with E-state index in [0.717, 1.165) is 16.5 Å². The van der Waals surface area contributed by atoms with Crippen LogP contribution in [0.15, 0.2) is 71.2 Å². The molecule has 0 bridgehead atoms. The van der Waals surface area contributed by atoms with Gasteiger partial charge >= 0.3 is 0 Å². The third-order valence-corrected chi connectivity index (χ3v) is 5.18. The number of rotatable bonds is 7. The van der Waals surface area contributed by atoms with Crippen LogP contribution in [-0.2, 0) is 11.2 Å². The molecule has 2 N–H and O–H groups in total. The zero-order valence-electron chi connectivity index (χ0n) is 16.9. The van der Waals surface area contributed by atoms with Crippen molar-refractivity contribution in [3.8, 4) is 5.75 Å². The second kappa shape index (κ2) is 10.1. The van der Waals surface area contributed by atoms with E-state index in [1.807, 2.05) is 49.4 Å². The summed E-state index contributed by atoms with van der Waals surface area (Å²) in [6.07, 6.45) is 0.931. The van der Waals surface area contributed by atoms with Crippen molar-refractivity contribution in [2.75, 3.05) is 17.2 Å². The Morgan fingerprint density at radius 1 is 0.967 bits per heavy atom. The Balaban J connectivity index is 1.57. The molecule has 0 radical (unpaired) electrons. The number of hydrogen-bond acceptors (Lipinski definition) is 3. The minimum Gasteiger partial charge on any atom is -0.483 e. The lowest BCUT2D eigenvalue weighted by Crippen LogP contribution is -2.20. The number of carbonyl (C=O) groups excluding carboxylic acids is 2. The second-order valence-electron chi connectivity index (χ2n) is 6.81. The van der Waals surface area contributed by atoms with Crippen molar-refractivity contribution in [1.82, 2.24) is 0 Å². The number of halogens is 1. The molecular weight excluding hydrogens is 444 g/mol. The van der Waals surface area contributed by atoms with Crippen molar-refractivity contribution in [2.24, 2.45) is 0 Å². The molecule has 0 fully saturated rings. The zero-order valence-corrected chi connectivity index (χ0v) is 18.5. The molecule has 154 valence electrons. The SMILES string of the molecule is CCc1ccc(OCC(=O)Nc2ccc(NC(=O)c3ccccc3)c(C)c2)c(Br)c1. The Labute approximate surface area is 184 Å². The molecule has 30 heavy (non-hydrogen) atoms. The smallest absolute Gasteiger partial charge is 0.262 e. The molecule has 0 aliphatic heterocycles. The Morgan fingerprint density at radius 3 is 2.40 bits per heavy atom. The highest BCUT2D eigenvalue weighted by molar-refractivity contribution is 9.10. The Hall–Kier alpha value is -3.12. The summed E-state index contributed by atoms with van der Waals surface area (Å²) in [6, 6.07) is 20.2. The van der Waals surface area contributed by atoms with E-state index < -0.39 is 0 Å². The highest BCUT2D eigenvalue weighted by Crippen LogP contribution is 2.26. The van der Waals surface area contributed by atoms with Crippen LogP contribution in [0.3, 0.4) is 0 Å². The maximum absolute atomic E-state index is 12.3. The molecule has 6 heteroatoms. The van der Waals surface area contributed by atoms with Crippen molar-refractivity contribution in [3.63, 3.8) is 0 Å². The van der Waals surface area contributed by atoms with E-state index >= 15 is 0 Å². The predicted molar refractivity (Wildman–Crippen MR) is 123 cm³/mol. The van der Waals surface area contributed by atoms with Crippen LogP contribution in [0.2, 0.25) is 0 Å². The number of amides is 2. The van der Waals surface area contributed by atoms with Gasteiger partial charge in [0.2, 0.25) is 0 Å².